The van der Waals surface area contributed by atoms with Crippen molar-refractivity contribution in [2.24, 2.45) is 5.92 Å². The highest BCUT2D eigenvalue weighted by Crippen LogP contribution is 2.36. The second kappa shape index (κ2) is 6.94. The maximum Gasteiger partial charge on any atom is 0.0706 e. The molecule has 25 heavy (non-hydrogen) atoms. The van der Waals surface area contributed by atoms with Gasteiger partial charge in [0.2, 0.25) is 0 Å². The standard InChI is InChI=1S/C20H25N5/c1-23(15-18-13-22-25-10-4-3-7-19(18)25)14-17-8-11-24(2)20(17)16-6-5-9-21-12-16/h3-7,9-10,12-13,17,20H,8,11,14-15H2,1-2H3/t17-,20-/m0/s1. The zero-order valence-corrected chi connectivity index (χ0v) is 14.9. The van der Waals surface area contributed by atoms with Crippen LogP contribution in [0.1, 0.15) is 23.6 Å². The van der Waals surface area contributed by atoms with Gasteiger partial charge < -0.3 is 4.90 Å². The van der Waals surface area contributed by atoms with Crippen LogP contribution in [0.3, 0.4) is 0 Å². The number of hydrogen-bond donors (Lipinski definition) is 0. The lowest BCUT2D eigenvalue weighted by Crippen LogP contribution is -2.30. The van der Waals surface area contributed by atoms with Crippen LogP contribution in [-0.2, 0) is 6.54 Å². The summed E-state index contributed by atoms with van der Waals surface area (Å²) in [7, 11) is 4.44. The van der Waals surface area contributed by atoms with Gasteiger partial charge in [-0.15, -0.1) is 0 Å². The smallest absolute Gasteiger partial charge is 0.0706 e. The Morgan fingerprint density at radius 3 is 2.96 bits per heavy atom. The molecule has 1 aliphatic rings. The molecule has 0 spiro atoms. The van der Waals surface area contributed by atoms with E-state index in [2.05, 4.69) is 52.2 Å². The fourth-order valence-electron chi connectivity index (χ4n) is 4.16. The normalized spacial score (nSPS) is 21.4. The molecule has 0 N–H and O–H groups in total. The summed E-state index contributed by atoms with van der Waals surface area (Å²) >= 11 is 0. The Labute approximate surface area is 148 Å². The van der Waals surface area contributed by atoms with E-state index < -0.39 is 0 Å². The van der Waals surface area contributed by atoms with Crippen molar-refractivity contribution in [1.82, 2.24) is 24.4 Å². The molecule has 0 aliphatic carbocycles. The third kappa shape index (κ3) is 3.30. The van der Waals surface area contributed by atoms with Gasteiger partial charge >= 0.3 is 0 Å². The van der Waals surface area contributed by atoms with Gasteiger partial charge in [-0.3, -0.25) is 9.88 Å². The van der Waals surface area contributed by atoms with Crippen molar-refractivity contribution in [3.63, 3.8) is 0 Å². The molecule has 1 aliphatic heterocycles. The minimum atomic E-state index is 0.458. The van der Waals surface area contributed by atoms with Gasteiger partial charge in [0.05, 0.1) is 11.7 Å². The van der Waals surface area contributed by atoms with E-state index in [1.54, 1.807) is 0 Å². The molecule has 4 heterocycles. The van der Waals surface area contributed by atoms with Gasteiger partial charge in [0.1, 0.15) is 0 Å². The van der Waals surface area contributed by atoms with E-state index in [-0.39, 0.29) is 0 Å². The van der Waals surface area contributed by atoms with Gasteiger partial charge in [-0.05, 0) is 56.7 Å². The van der Waals surface area contributed by atoms with Crippen molar-refractivity contribution in [1.29, 1.82) is 0 Å². The predicted octanol–water partition coefficient (Wildman–Crippen LogP) is 2.85. The Balaban J connectivity index is 1.47. The van der Waals surface area contributed by atoms with E-state index in [0.717, 1.165) is 19.6 Å². The molecule has 3 aromatic heterocycles. The lowest BCUT2D eigenvalue weighted by atomic mass is 9.94. The van der Waals surface area contributed by atoms with Gasteiger partial charge in [0.25, 0.3) is 0 Å². The third-order valence-electron chi connectivity index (χ3n) is 5.29. The number of rotatable bonds is 5. The lowest BCUT2D eigenvalue weighted by Gasteiger charge is -2.28. The molecule has 5 nitrogen and oxygen atoms in total. The van der Waals surface area contributed by atoms with Gasteiger partial charge in [0.15, 0.2) is 0 Å². The van der Waals surface area contributed by atoms with Crippen LogP contribution in [0.15, 0.2) is 55.1 Å². The first-order valence-electron chi connectivity index (χ1n) is 8.92. The highest BCUT2D eigenvalue weighted by molar-refractivity contribution is 5.53. The highest BCUT2D eigenvalue weighted by atomic mass is 15.2. The molecule has 0 radical (unpaired) electrons. The van der Waals surface area contributed by atoms with Crippen LogP contribution in [0.2, 0.25) is 0 Å². The van der Waals surface area contributed by atoms with Gasteiger partial charge in [-0.25, -0.2) is 4.52 Å². The largest absolute Gasteiger partial charge is 0.302 e. The van der Waals surface area contributed by atoms with E-state index >= 15 is 0 Å². The molecular formula is C20H25N5. The Bertz CT molecular complexity index is 828. The van der Waals surface area contributed by atoms with Crippen LogP contribution in [0.25, 0.3) is 5.52 Å². The molecular weight excluding hydrogens is 310 g/mol. The lowest BCUT2D eigenvalue weighted by molar-refractivity contribution is 0.214. The Hall–Kier alpha value is -2.24. The minimum absolute atomic E-state index is 0.458. The molecule has 0 saturated carbocycles. The third-order valence-corrected chi connectivity index (χ3v) is 5.29. The van der Waals surface area contributed by atoms with E-state index in [4.69, 9.17) is 0 Å². The highest BCUT2D eigenvalue weighted by Gasteiger charge is 2.33. The number of aromatic nitrogens is 3. The molecule has 0 unspecified atom stereocenters. The molecule has 1 saturated heterocycles. The van der Waals surface area contributed by atoms with Crippen molar-refractivity contribution in [2.75, 3.05) is 27.2 Å². The number of fused-ring (bicyclic) bond motifs is 1. The first kappa shape index (κ1) is 16.2. The molecule has 130 valence electrons. The Kier molecular flexibility index (Phi) is 4.51. The summed E-state index contributed by atoms with van der Waals surface area (Å²) < 4.78 is 1.95. The zero-order chi connectivity index (χ0) is 17.2. The number of likely N-dealkylation sites (tertiary alicyclic amines) is 1. The van der Waals surface area contributed by atoms with Crippen molar-refractivity contribution in [2.45, 2.75) is 19.0 Å². The van der Waals surface area contributed by atoms with E-state index in [1.807, 2.05) is 41.4 Å². The van der Waals surface area contributed by atoms with Crippen molar-refractivity contribution in [3.05, 3.63) is 66.2 Å². The summed E-state index contributed by atoms with van der Waals surface area (Å²) in [6, 6.07) is 10.9. The number of nitrogens with zero attached hydrogens (tertiary/aromatic N) is 5. The average molecular weight is 335 g/mol. The summed E-state index contributed by atoms with van der Waals surface area (Å²) in [5, 5.41) is 4.45. The fourth-order valence-corrected chi connectivity index (χ4v) is 4.16. The van der Waals surface area contributed by atoms with Gasteiger partial charge in [-0.2, -0.15) is 5.10 Å². The number of pyridine rings is 2. The van der Waals surface area contributed by atoms with Crippen LogP contribution >= 0.6 is 0 Å². The average Bonchev–Trinajstić information content (AvgIpc) is 3.20. The monoisotopic (exact) mass is 335 g/mol. The summed E-state index contributed by atoms with van der Waals surface area (Å²) in [5.41, 5.74) is 3.81. The fraction of sp³-hybridized carbons (Fsp3) is 0.400. The van der Waals surface area contributed by atoms with Crippen LogP contribution in [-0.4, -0.2) is 51.6 Å². The molecule has 2 atom stereocenters. The SMILES string of the molecule is CN(Cc1cnn2ccccc12)C[C@@H]1CCN(C)[C@H]1c1cccnc1. The van der Waals surface area contributed by atoms with Crippen molar-refractivity contribution < 1.29 is 0 Å². The summed E-state index contributed by atoms with van der Waals surface area (Å²) in [6.45, 7) is 3.15. The maximum atomic E-state index is 4.45. The predicted molar refractivity (Wildman–Crippen MR) is 99.2 cm³/mol. The van der Waals surface area contributed by atoms with E-state index in [9.17, 15) is 0 Å². The summed E-state index contributed by atoms with van der Waals surface area (Å²) in [5.74, 6) is 0.626. The Morgan fingerprint density at radius 2 is 2.12 bits per heavy atom. The first-order valence-corrected chi connectivity index (χ1v) is 8.92. The maximum absolute atomic E-state index is 4.45. The van der Waals surface area contributed by atoms with Crippen LogP contribution in [0.5, 0.6) is 0 Å². The Morgan fingerprint density at radius 1 is 1.20 bits per heavy atom. The van der Waals surface area contributed by atoms with Gasteiger partial charge in [0, 0.05) is 43.3 Å². The van der Waals surface area contributed by atoms with Crippen LogP contribution in [0, 0.1) is 5.92 Å². The number of hydrogen-bond acceptors (Lipinski definition) is 4. The molecule has 3 aromatic rings. The first-order chi connectivity index (χ1) is 12.2. The summed E-state index contributed by atoms with van der Waals surface area (Å²) in [6.07, 6.45) is 9.10. The van der Waals surface area contributed by atoms with E-state index in [0.29, 0.717) is 12.0 Å². The second-order valence-electron chi connectivity index (χ2n) is 7.16. The molecule has 4 rings (SSSR count). The minimum Gasteiger partial charge on any atom is -0.302 e. The molecule has 0 bridgehead atoms. The quantitative estimate of drug-likeness (QED) is 0.718. The van der Waals surface area contributed by atoms with Crippen molar-refractivity contribution in [3.8, 4) is 0 Å². The molecule has 0 aromatic carbocycles. The van der Waals surface area contributed by atoms with E-state index in [1.165, 1.54) is 23.1 Å². The zero-order valence-electron chi connectivity index (χ0n) is 14.9. The molecule has 5 heteroatoms. The van der Waals surface area contributed by atoms with Crippen LogP contribution in [0.4, 0.5) is 0 Å². The molecule has 1 fully saturated rings. The van der Waals surface area contributed by atoms with Gasteiger partial charge in [-0.1, -0.05) is 12.1 Å². The summed E-state index contributed by atoms with van der Waals surface area (Å²) in [4.78, 5) is 9.21. The second-order valence-corrected chi connectivity index (χ2v) is 7.16. The van der Waals surface area contributed by atoms with Crippen LogP contribution < -0.4 is 0 Å². The molecule has 0 amide bonds. The topological polar surface area (TPSA) is 36.7 Å². The van der Waals surface area contributed by atoms with Crippen molar-refractivity contribution >= 4 is 5.52 Å².